The summed E-state index contributed by atoms with van der Waals surface area (Å²) in [5.41, 5.74) is 7.47. The molecule has 0 saturated carbocycles. The molecule has 0 fully saturated rings. The molecule has 1 aromatic rings. The minimum Gasteiger partial charge on any atom is -0.489 e. The van der Waals surface area contributed by atoms with Crippen LogP contribution in [0.25, 0.3) is 0 Å². The van der Waals surface area contributed by atoms with Crippen molar-refractivity contribution in [1.82, 2.24) is 0 Å². The fourth-order valence-electron chi connectivity index (χ4n) is 2.63. The van der Waals surface area contributed by atoms with Gasteiger partial charge in [-0.2, -0.15) is 0 Å². The van der Waals surface area contributed by atoms with Crippen LogP contribution in [-0.2, 0) is 0 Å². The van der Waals surface area contributed by atoms with Crippen LogP contribution in [-0.4, -0.2) is 13.2 Å². The summed E-state index contributed by atoms with van der Waals surface area (Å²) in [6.07, 6.45) is 7.46. The molecule has 0 radical (unpaired) electrons. The van der Waals surface area contributed by atoms with Crippen LogP contribution in [0.15, 0.2) is 18.2 Å². The smallest absolute Gasteiger partial charge is 0.161 e. The number of ether oxygens (including phenoxy) is 2. The Hall–Kier alpha value is -1.22. The third kappa shape index (κ3) is 4.92. The first-order valence-electron chi connectivity index (χ1n) is 8.35. The number of rotatable bonds is 7. The first kappa shape index (κ1) is 16.2. The molecule has 0 aliphatic carbocycles. The van der Waals surface area contributed by atoms with Gasteiger partial charge in [0, 0.05) is 12.0 Å². The highest BCUT2D eigenvalue weighted by Gasteiger charge is 2.16. The zero-order valence-electron chi connectivity index (χ0n) is 13.4. The summed E-state index contributed by atoms with van der Waals surface area (Å²) < 4.78 is 11.6. The normalized spacial score (nSPS) is 19.1. The lowest BCUT2D eigenvalue weighted by Crippen LogP contribution is -2.12. The van der Waals surface area contributed by atoms with E-state index in [1.165, 1.54) is 32.1 Å². The Morgan fingerprint density at radius 3 is 2.57 bits per heavy atom. The molecule has 1 aromatic carbocycles. The van der Waals surface area contributed by atoms with Crippen LogP contribution in [0.5, 0.6) is 11.5 Å². The van der Waals surface area contributed by atoms with Gasteiger partial charge < -0.3 is 15.2 Å². The molecule has 1 aliphatic rings. The molecule has 1 aliphatic heterocycles. The summed E-state index contributed by atoms with van der Waals surface area (Å²) in [5.74, 6) is 2.12. The van der Waals surface area contributed by atoms with Crippen molar-refractivity contribution in [2.45, 2.75) is 58.4 Å². The van der Waals surface area contributed by atoms with Gasteiger partial charge in [0.25, 0.3) is 0 Å². The summed E-state index contributed by atoms with van der Waals surface area (Å²) in [6, 6.07) is 6.24. The summed E-state index contributed by atoms with van der Waals surface area (Å²) in [4.78, 5) is 0. The van der Waals surface area contributed by atoms with Crippen molar-refractivity contribution in [3.05, 3.63) is 23.8 Å². The van der Waals surface area contributed by atoms with Crippen LogP contribution >= 0.6 is 0 Å². The number of hydrogen-bond donors (Lipinski definition) is 1. The maximum Gasteiger partial charge on any atom is 0.161 e. The molecule has 2 unspecified atom stereocenters. The van der Waals surface area contributed by atoms with Crippen LogP contribution < -0.4 is 15.2 Å². The third-order valence-corrected chi connectivity index (χ3v) is 4.06. The molecule has 3 nitrogen and oxygen atoms in total. The lowest BCUT2D eigenvalue weighted by molar-refractivity contribution is 0.228. The fourth-order valence-corrected chi connectivity index (χ4v) is 2.63. The maximum atomic E-state index is 6.31. The van der Waals surface area contributed by atoms with E-state index < -0.39 is 0 Å². The second-order valence-electron chi connectivity index (χ2n) is 6.24. The molecule has 0 saturated heterocycles. The molecule has 2 rings (SSSR count). The van der Waals surface area contributed by atoms with Crippen molar-refractivity contribution >= 4 is 0 Å². The van der Waals surface area contributed by atoms with Gasteiger partial charge in [-0.15, -0.1) is 0 Å². The molecular formula is C18H29NO2. The predicted molar refractivity (Wildman–Crippen MR) is 86.9 cm³/mol. The van der Waals surface area contributed by atoms with Crippen molar-refractivity contribution in [1.29, 1.82) is 0 Å². The van der Waals surface area contributed by atoms with Gasteiger partial charge in [0.2, 0.25) is 0 Å². The maximum absolute atomic E-state index is 6.31. The molecule has 0 bridgehead atoms. The number of nitrogens with two attached hydrogens (primary N) is 1. The van der Waals surface area contributed by atoms with Crippen LogP contribution in [0.3, 0.4) is 0 Å². The largest absolute Gasteiger partial charge is 0.489 e. The molecule has 2 N–H and O–H groups in total. The zero-order chi connectivity index (χ0) is 15.1. The summed E-state index contributed by atoms with van der Waals surface area (Å²) in [5, 5.41) is 0. The Kier molecular flexibility index (Phi) is 6.37. The summed E-state index contributed by atoms with van der Waals surface area (Å²) in [6.45, 7) is 5.80. The van der Waals surface area contributed by atoms with Crippen molar-refractivity contribution in [3.63, 3.8) is 0 Å². The Labute approximate surface area is 128 Å². The minimum absolute atomic E-state index is 0.0983. The van der Waals surface area contributed by atoms with Crippen LogP contribution in [0.4, 0.5) is 0 Å². The highest BCUT2D eigenvalue weighted by Crippen LogP contribution is 2.33. The molecule has 1 heterocycles. The predicted octanol–water partition coefficient (Wildman–Crippen LogP) is 4.45. The van der Waals surface area contributed by atoms with Crippen LogP contribution in [0.1, 0.15) is 64.0 Å². The number of benzene rings is 1. The van der Waals surface area contributed by atoms with Crippen molar-refractivity contribution in [2.24, 2.45) is 11.7 Å². The van der Waals surface area contributed by atoms with E-state index in [4.69, 9.17) is 15.2 Å². The van der Waals surface area contributed by atoms with Gasteiger partial charge >= 0.3 is 0 Å². The van der Waals surface area contributed by atoms with Crippen LogP contribution in [0, 0.1) is 5.92 Å². The van der Waals surface area contributed by atoms with E-state index in [1.54, 1.807) is 0 Å². The van der Waals surface area contributed by atoms with E-state index in [0.717, 1.165) is 30.1 Å². The van der Waals surface area contributed by atoms with Gasteiger partial charge in [-0.25, -0.2) is 0 Å². The van der Waals surface area contributed by atoms with Gasteiger partial charge in [0.15, 0.2) is 11.5 Å². The van der Waals surface area contributed by atoms with Gasteiger partial charge in [0.1, 0.15) is 0 Å². The second-order valence-corrected chi connectivity index (χ2v) is 6.24. The van der Waals surface area contributed by atoms with Crippen molar-refractivity contribution in [2.75, 3.05) is 13.2 Å². The Morgan fingerprint density at radius 2 is 1.81 bits per heavy atom. The highest BCUT2D eigenvalue weighted by atomic mass is 16.5. The number of hydrogen-bond acceptors (Lipinski definition) is 3. The lowest BCUT2D eigenvalue weighted by Gasteiger charge is -2.14. The van der Waals surface area contributed by atoms with Crippen molar-refractivity contribution < 1.29 is 9.47 Å². The van der Waals surface area contributed by atoms with Gasteiger partial charge in [-0.05, 0) is 24.1 Å². The van der Waals surface area contributed by atoms with Gasteiger partial charge in [-0.3, -0.25) is 0 Å². The van der Waals surface area contributed by atoms with E-state index in [-0.39, 0.29) is 6.04 Å². The molecule has 0 aromatic heterocycles. The minimum atomic E-state index is 0.0983. The first-order valence-corrected chi connectivity index (χ1v) is 8.35. The number of unbranched alkanes of at least 4 members (excludes halogenated alkanes) is 4. The molecular weight excluding hydrogens is 262 g/mol. The first-order chi connectivity index (χ1) is 10.2. The van der Waals surface area contributed by atoms with E-state index in [9.17, 15) is 0 Å². The molecule has 118 valence electrons. The topological polar surface area (TPSA) is 44.5 Å². The monoisotopic (exact) mass is 291 g/mol. The van der Waals surface area contributed by atoms with Gasteiger partial charge in [0.05, 0.1) is 13.2 Å². The SMILES string of the molecule is CCCCCCCC(N)c1ccc2c(c1)OCC(C)CO2. The lowest BCUT2D eigenvalue weighted by atomic mass is 10.00. The Morgan fingerprint density at radius 1 is 1.10 bits per heavy atom. The van der Waals surface area contributed by atoms with Crippen molar-refractivity contribution in [3.8, 4) is 11.5 Å². The van der Waals surface area contributed by atoms with E-state index in [1.807, 2.05) is 6.07 Å². The summed E-state index contributed by atoms with van der Waals surface area (Å²) >= 11 is 0. The average Bonchev–Trinajstić information content (AvgIpc) is 2.68. The van der Waals surface area contributed by atoms with E-state index in [0.29, 0.717) is 12.5 Å². The third-order valence-electron chi connectivity index (χ3n) is 4.06. The fraction of sp³-hybridized carbons (Fsp3) is 0.667. The highest BCUT2D eigenvalue weighted by molar-refractivity contribution is 5.44. The second kappa shape index (κ2) is 8.28. The Bertz CT molecular complexity index is 433. The molecule has 0 spiro atoms. The van der Waals surface area contributed by atoms with Gasteiger partial charge in [-0.1, -0.05) is 52.0 Å². The van der Waals surface area contributed by atoms with E-state index >= 15 is 0 Å². The number of fused-ring (bicyclic) bond motifs is 1. The quantitative estimate of drug-likeness (QED) is 0.755. The Balaban J connectivity index is 1.88. The summed E-state index contributed by atoms with van der Waals surface area (Å²) in [7, 11) is 0. The van der Waals surface area contributed by atoms with Crippen LogP contribution in [0.2, 0.25) is 0 Å². The average molecular weight is 291 g/mol. The van der Waals surface area contributed by atoms with E-state index in [2.05, 4.69) is 26.0 Å². The zero-order valence-corrected chi connectivity index (χ0v) is 13.4. The molecule has 21 heavy (non-hydrogen) atoms. The standard InChI is InChI=1S/C18H29NO2/c1-3-4-5-6-7-8-16(19)15-9-10-17-18(11-15)21-13-14(2)12-20-17/h9-11,14,16H,3-8,12-13,19H2,1-2H3. The molecule has 2 atom stereocenters. The molecule has 0 amide bonds. The molecule has 3 heteroatoms.